The summed E-state index contributed by atoms with van der Waals surface area (Å²) in [6, 6.07) is 7.96. The van der Waals surface area contributed by atoms with E-state index in [1.807, 2.05) is 11.4 Å². The van der Waals surface area contributed by atoms with Gasteiger partial charge in [0.2, 0.25) is 11.8 Å². The first-order chi connectivity index (χ1) is 15.6. The number of fused-ring (bicyclic) bond motifs is 1. The van der Waals surface area contributed by atoms with Gasteiger partial charge in [0.15, 0.2) is 11.6 Å². The minimum Gasteiger partial charge on any atom is -0.488 e. The number of rotatable bonds is 8. The number of para-hydroxylation sites is 1. The summed E-state index contributed by atoms with van der Waals surface area (Å²) in [6.45, 7) is 3.67. The van der Waals surface area contributed by atoms with Crippen LogP contribution in [0.15, 0.2) is 35.7 Å². The average molecular weight is 461 g/mol. The smallest absolute Gasteiger partial charge is 0.242 e. The number of ether oxygens (including phenoxy) is 2. The highest BCUT2D eigenvalue weighted by Gasteiger charge is 2.34. The summed E-state index contributed by atoms with van der Waals surface area (Å²) < 4.78 is 25.6. The van der Waals surface area contributed by atoms with E-state index in [1.165, 1.54) is 10.9 Å². The van der Waals surface area contributed by atoms with Crippen molar-refractivity contribution >= 4 is 23.2 Å². The van der Waals surface area contributed by atoms with Crippen LogP contribution in [0.5, 0.6) is 5.75 Å². The van der Waals surface area contributed by atoms with Gasteiger partial charge in [0.05, 0.1) is 18.7 Å². The Morgan fingerprint density at radius 2 is 2.16 bits per heavy atom. The zero-order chi connectivity index (χ0) is 22.5. The molecule has 1 fully saturated rings. The number of amides is 2. The fraction of sp³-hybridized carbons (Fsp3) is 0.500. The zero-order valence-electron chi connectivity index (χ0n) is 18.3. The standard InChI is InChI=1S/C24H29FN2O4S/c1-2-23(28)26(14-17-6-5-12-30-17)15-24(29)27-11-9-22-18(10-13-32-22)20(27)16-31-21-8-4-3-7-19(21)25/h3-4,7-8,10,13,17,20H,2,5-6,9,11-12,14-16H2,1H3/t17-,20+/m0/s1. The number of thiophene rings is 1. The third-order valence-corrected chi connectivity index (χ3v) is 7.07. The lowest BCUT2D eigenvalue weighted by Gasteiger charge is -2.37. The van der Waals surface area contributed by atoms with Crippen molar-refractivity contribution in [3.8, 4) is 5.75 Å². The summed E-state index contributed by atoms with van der Waals surface area (Å²) in [5.74, 6) is -0.434. The van der Waals surface area contributed by atoms with Gasteiger partial charge in [0.25, 0.3) is 0 Å². The second-order valence-corrected chi connectivity index (χ2v) is 9.16. The number of carbonyl (C=O) groups is 2. The summed E-state index contributed by atoms with van der Waals surface area (Å²) in [5, 5.41) is 2.01. The highest BCUT2D eigenvalue weighted by Crippen LogP contribution is 2.34. The molecule has 0 aliphatic carbocycles. The first-order valence-electron chi connectivity index (χ1n) is 11.2. The van der Waals surface area contributed by atoms with E-state index in [0.717, 1.165) is 24.8 Å². The van der Waals surface area contributed by atoms with Crippen LogP contribution in [-0.2, 0) is 20.7 Å². The maximum absolute atomic E-state index is 14.1. The topological polar surface area (TPSA) is 59.1 Å². The van der Waals surface area contributed by atoms with Crippen LogP contribution in [0.1, 0.15) is 42.7 Å². The normalized spacial score (nSPS) is 20.1. The molecule has 0 saturated carbocycles. The van der Waals surface area contributed by atoms with Crippen LogP contribution in [0.4, 0.5) is 4.39 Å². The summed E-state index contributed by atoms with van der Waals surface area (Å²) in [6.07, 6.45) is 2.98. The lowest BCUT2D eigenvalue weighted by molar-refractivity contribution is -0.143. The Balaban J connectivity index is 1.49. The minimum absolute atomic E-state index is 0.0108. The predicted octanol–water partition coefficient (Wildman–Crippen LogP) is 3.81. The Morgan fingerprint density at radius 3 is 2.91 bits per heavy atom. The molecule has 6 nitrogen and oxygen atoms in total. The lowest BCUT2D eigenvalue weighted by Crippen LogP contribution is -2.49. The molecule has 0 N–H and O–H groups in total. The Bertz CT molecular complexity index is 944. The van der Waals surface area contributed by atoms with Crippen molar-refractivity contribution in [2.24, 2.45) is 0 Å². The van der Waals surface area contributed by atoms with Gasteiger partial charge in [-0.05, 0) is 48.4 Å². The van der Waals surface area contributed by atoms with Crippen molar-refractivity contribution in [2.45, 2.75) is 44.8 Å². The van der Waals surface area contributed by atoms with E-state index in [0.29, 0.717) is 26.1 Å². The molecule has 1 aromatic carbocycles. The fourth-order valence-electron chi connectivity index (χ4n) is 4.37. The molecule has 2 aliphatic rings. The van der Waals surface area contributed by atoms with Crippen LogP contribution >= 0.6 is 11.3 Å². The van der Waals surface area contributed by atoms with Gasteiger partial charge in [0, 0.05) is 31.0 Å². The first kappa shape index (κ1) is 22.7. The SMILES string of the molecule is CCC(=O)N(CC(=O)N1CCc2sccc2[C@H]1COc1ccccc1F)C[C@@H]1CCCO1. The van der Waals surface area contributed by atoms with Gasteiger partial charge < -0.3 is 19.3 Å². The van der Waals surface area contributed by atoms with E-state index >= 15 is 0 Å². The van der Waals surface area contributed by atoms with E-state index < -0.39 is 5.82 Å². The number of nitrogens with zero attached hydrogens (tertiary/aromatic N) is 2. The molecule has 4 rings (SSSR count). The predicted molar refractivity (Wildman–Crippen MR) is 120 cm³/mol. The van der Waals surface area contributed by atoms with Gasteiger partial charge in [-0.1, -0.05) is 19.1 Å². The Hall–Kier alpha value is -2.45. The molecule has 3 heterocycles. The van der Waals surface area contributed by atoms with Crippen molar-refractivity contribution in [2.75, 3.05) is 32.8 Å². The first-order valence-corrected chi connectivity index (χ1v) is 12.1. The Kier molecular flexibility index (Phi) is 7.42. The fourth-order valence-corrected chi connectivity index (χ4v) is 5.30. The molecule has 0 radical (unpaired) electrons. The second kappa shape index (κ2) is 10.4. The molecule has 2 aliphatic heterocycles. The van der Waals surface area contributed by atoms with Crippen LogP contribution < -0.4 is 4.74 Å². The molecule has 2 aromatic rings. The van der Waals surface area contributed by atoms with Crippen molar-refractivity contribution < 1.29 is 23.5 Å². The number of benzene rings is 1. The molecule has 2 atom stereocenters. The average Bonchev–Trinajstić information content (AvgIpc) is 3.49. The maximum atomic E-state index is 14.1. The maximum Gasteiger partial charge on any atom is 0.242 e. The van der Waals surface area contributed by atoms with Gasteiger partial charge in [-0.25, -0.2) is 4.39 Å². The van der Waals surface area contributed by atoms with Crippen LogP contribution in [0.25, 0.3) is 0 Å². The number of hydrogen-bond acceptors (Lipinski definition) is 5. The van der Waals surface area contributed by atoms with Crippen LogP contribution in [0.2, 0.25) is 0 Å². The van der Waals surface area contributed by atoms with E-state index in [2.05, 4.69) is 0 Å². The van der Waals surface area contributed by atoms with Crippen molar-refractivity contribution in [1.82, 2.24) is 9.80 Å². The monoisotopic (exact) mass is 460 g/mol. The van der Waals surface area contributed by atoms with Crippen LogP contribution in [-0.4, -0.2) is 60.6 Å². The van der Waals surface area contributed by atoms with E-state index in [1.54, 1.807) is 46.3 Å². The van der Waals surface area contributed by atoms with Crippen LogP contribution in [0.3, 0.4) is 0 Å². The van der Waals surface area contributed by atoms with Gasteiger partial charge in [-0.15, -0.1) is 11.3 Å². The van der Waals surface area contributed by atoms with Gasteiger partial charge in [-0.3, -0.25) is 9.59 Å². The highest BCUT2D eigenvalue weighted by molar-refractivity contribution is 7.10. The number of halogens is 1. The zero-order valence-corrected chi connectivity index (χ0v) is 19.1. The van der Waals surface area contributed by atoms with E-state index in [4.69, 9.17) is 9.47 Å². The molecule has 8 heteroatoms. The second-order valence-electron chi connectivity index (χ2n) is 8.16. The van der Waals surface area contributed by atoms with Crippen molar-refractivity contribution in [1.29, 1.82) is 0 Å². The summed E-state index contributed by atoms with van der Waals surface area (Å²) >= 11 is 1.66. The largest absolute Gasteiger partial charge is 0.488 e. The van der Waals surface area contributed by atoms with Crippen LogP contribution in [0, 0.1) is 5.82 Å². The Morgan fingerprint density at radius 1 is 1.31 bits per heavy atom. The molecule has 1 aromatic heterocycles. The van der Waals surface area contributed by atoms with Gasteiger partial charge >= 0.3 is 0 Å². The molecule has 1 saturated heterocycles. The molecule has 2 amide bonds. The van der Waals surface area contributed by atoms with E-state index in [9.17, 15) is 14.0 Å². The van der Waals surface area contributed by atoms with Gasteiger partial charge in [0.1, 0.15) is 6.61 Å². The summed E-state index contributed by atoms with van der Waals surface area (Å²) in [7, 11) is 0. The van der Waals surface area contributed by atoms with Crippen molar-refractivity contribution in [3.05, 3.63) is 52.0 Å². The van der Waals surface area contributed by atoms with Crippen molar-refractivity contribution in [3.63, 3.8) is 0 Å². The Labute approximate surface area is 191 Å². The van der Waals surface area contributed by atoms with E-state index in [-0.39, 0.29) is 42.9 Å². The lowest BCUT2D eigenvalue weighted by atomic mass is 10.0. The number of hydrogen-bond donors (Lipinski definition) is 0. The molecule has 32 heavy (non-hydrogen) atoms. The molecule has 0 bridgehead atoms. The van der Waals surface area contributed by atoms with Gasteiger partial charge in [-0.2, -0.15) is 0 Å². The minimum atomic E-state index is -0.428. The number of carbonyl (C=O) groups excluding carboxylic acids is 2. The quantitative estimate of drug-likeness (QED) is 0.601. The molecule has 172 valence electrons. The highest BCUT2D eigenvalue weighted by atomic mass is 32.1. The molecular formula is C24H29FN2O4S. The third-order valence-electron chi connectivity index (χ3n) is 6.08. The summed E-state index contributed by atoms with van der Waals surface area (Å²) in [4.78, 5) is 30.5. The molecule has 0 spiro atoms. The molecular weight excluding hydrogens is 431 g/mol. The summed E-state index contributed by atoms with van der Waals surface area (Å²) in [5.41, 5.74) is 1.04. The molecule has 0 unspecified atom stereocenters. The third kappa shape index (κ3) is 5.13.